The maximum Gasteiger partial charge on any atom is -0.00675 e. The van der Waals surface area contributed by atoms with Crippen molar-refractivity contribution in [2.24, 2.45) is 0 Å². The average molecular weight is 792 g/mol. The van der Waals surface area contributed by atoms with E-state index in [0.717, 1.165) is 0 Å². The first-order valence-corrected chi connectivity index (χ1v) is 28.1. The second kappa shape index (κ2) is 54.3. The fourth-order valence-electron chi connectivity index (χ4n) is 8.79. The van der Waals surface area contributed by atoms with Gasteiger partial charge in [0.25, 0.3) is 0 Å². The van der Waals surface area contributed by atoms with Crippen LogP contribution in [0.4, 0.5) is 0 Å². The first kappa shape index (κ1) is 55.4. The predicted octanol–water partition coefficient (Wildman–Crippen LogP) is 21.3. The van der Waals surface area contributed by atoms with Gasteiger partial charge in [-0.25, -0.2) is 0 Å². The van der Waals surface area contributed by atoms with Crippen molar-refractivity contribution in [3.63, 3.8) is 0 Å². The van der Waals surface area contributed by atoms with Crippen molar-refractivity contribution in [1.29, 1.82) is 0 Å². The molecule has 1 heteroatoms. The zero-order valence-electron chi connectivity index (χ0n) is 39.2. The number of thioether (sulfide) groups is 1. The molecule has 0 saturated heterocycles. The Bertz CT molecular complexity index is 562. The average Bonchev–Trinajstić information content (AvgIpc) is 3.20. The molecule has 0 aromatic heterocycles. The van der Waals surface area contributed by atoms with E-state index in [2.05, 4.69) is 25.6 Å². The zero-order chi connectivity index (χ0) is 39.5. The van der Waals surface area contributed by atoms with Crippen molar-refractivity contribution < 1.29 is 0 Å². The Balaban J connectivity index is 3.05. The molecule has 0 aromatic rings. The summed E-state index contributed by atoms with van der Waals surface area (Å²) in [6.07, 6.45) is 74.1. The van der Waals surface area contributed by atoms with Crippen molar-refractivity contribution in [3.8, 4) is 0 Å². The molecule has 0 saturated carbocycles. The second-order valence-corrected chi connectivity index (χ2v) is 19.8. The molecule has 0 unspecified atom stereocenters. The third kappa shape index (κ3) is 54.4. The van der Waals surface area contributed by atoms with E-state index in [1.54, 1.807) is 0 Å². The Morgan fingerprint density at radius 2 is 0.255 bits per heavy atom. The van der Waals surface area contributed by atoms with Crippen LogP contribution in [0, 0.1) is 0 Å². The Morgan fingerprint density at radius 3 is 0.382 bits per heavy atom. The van der Waals surface area contributed by atoms with Crippen LogP contribution in [0.15, 0.2) is 0 Å². The van der Waals surface area contributed by atoms with E-state index < -0.39 is 0 Å². The van der Waals surface area contributed by atoms with Crippen LogP contribution < -0.4 is 0 Å². The molecule has 0 radical (unpaired) electrons. The molecule has 0 fully saturated rings. The Hall–Kier alpha value is 0.350. The largest absolute Gasteiger partial charge is 0.162 e. The molecule has 0 nitrogen and oxygen atoms in total. The van der Waals surface area contributed by atoms with Gasteiger partial charge in [0.15, 0.2) is 0 Å². The maximum absolute atomic E-state index is 2.31. The minimum Gasteiger partial charge on any atom is -0.162 e. The third-order valence-corrected chi connectivity index (χ3v) is 13.9. The van der Waals surface area contributed by atoms with E-state index in [1.165, 1.54) is 333 Å². The maximum atomic E-state index is 2.31. The van der Waals surface area contributed by atoms with Gasteiger partial charge in [-0.2, -0.15) is 11.8 Å². The molecule has 332 valence electrons. The highest BCUT2D eigenvalue weighted by molar-refractivity contribution is 7.99. The quantitative estimate of drug-likeness (QED) is 0.0553. The van der Waals surface area contributed by atoms with Gasteiger partial charge < -0.3 is 0 Å². The van der Waals surface area contributed by atoms with E-state index in [1.807, 2.05) is 0 Å². The van der Waals surface area contributed by atoms with Crippen LogP contribution in [0.2, 0.25) is 0 Å². The lowest BCUT2D eigenvalue weighted by Crippen LogP contribution is -1.87. The molecular weight excluding hydrogens is 681 g/mol. The first-order valence-electron chi connectivity index (χ1n) is 27.0. The summed E-state index contributed by atoms with van der Waals surface area (Å²) >= 11 is 2.24. The summed E-state index contributed by atoms with van der Waals surface area (Å²) in [5.41, 5.74) is 0. The molecule has 0 aliphatic rings. The smallest absolute Gasteiger partial charge is 0.00675 e. The lowest BCUT2D eigenvalue weighted by molar-refractivity contribution is 0.517. The van der Waals surface area contributed by atoms with Crippen LogP contribution in [0.3, 0.4) is 0 Å². The highest BCUT2D eigenvalue weighted by Gasteiger charge is 1.99. The Morgan fingerprint density at radius 1 is 0.145 bits per heavy atom. The molecular formula is C54H110S. The van der Waals surface area contributed by atoms with Gasteiger partial charge in [-0.05, 0) is 24.3 Å². The summed E-state index contributed by atoms with van der Waals surface area (Å²) in [5, 5.41) is 0. The normalized spacial score (nSPS) is 11.7. The molecule has 0 N–H and O–H groups in total. The number of hydrogen-bond acceptors (Lipinski definition) is 1. The molecule has 0 heterocycles. The molecule has 55 heavy (non-hydrogen) atoms. The fourth-order valence-corrected chi connectivity index (χ4v) is 9.81. The highest BCUT2D eigenvalue weighted by Crippen LogP contribution is 2.19. The third-order valence-electron chi connectivity index (χ3n) is 12.8. The number of unbranched alkanes of at least 4 members (excludes halogenated alkanes) is 48. The van der Waals surface area contributed by atoms with Crippen LogP contribution in [0.25, 0.3) is 0 Å². The molecule has 0 aliphatic heterocycles. The van der Waals surface area contributed by atoms with Gasteiger partial charge >= 0.3 is 0 Å². The Kier molecular flexibility index (Phi) is 54.7. The van der Waals surface area contributed by atoms with E-state index >= 15 is 0 Å². The Labute approximate surface area is 356 Å². The standard InChI is InChI=1S/C54H110S/c1-3-5-7-9-11-13-15-17-19-21-23-25-27-29-31-33-35-37-39-41-43-45-47-49-51-53-55-54-52-50-48-46-44-42-40-38-36-34-32-30-28-26-24-22-20-18-16-14-12-10-8-6-4-2/h3-54H2,1-2H3. The number of rotatable bonds is 52. The van der Waals surface area contributed by atoms with Gasteiger partial charge in [-0.15, -0.1) is 0 Å². The van der Waals surface area contributed by atoms with Crippen molar-refractivity contribution in [2.75, 3.05) is 11.5 Å². The monoisotopic (exact) mass is 791 g/mol. The van der Waals surface area contributed by atoms with Crippen LogP contribution in [-0.2, 0) is 0 Å². The van der Waals surface area contributed by atoms with E-state index in [9.17, 15) is 0 Å². The first-order chi connectivity index (χ1) is 27.4. The summed E-state index contributed by atoms with van der Waals surface area (Å²) in [7, 11) is 0. The molecule has 0 amide bonds. The van der Waals surface area contributed by atoms with Gasteiger partial charge in [0.05, 0.1) is 0 Å². The lowest BCUT2D eigenvalue weighted by Gasteiger charge is -2.05. The molecule has 0 spiro atoms. The topological polar surface area (TPSA) is 0 Å². The van der Waals surface area contributed by atoms with Crippen LogP contribution >= 0.6 is 11.8 Å². The van der Waals surface area contributed by atoms with E-state index in [4.69, 9.17) is 0 Å². The minimum atomic E-state index is 1.37. The molecule has 0 rings (SSSR count). The second-order valence-electron chi connectivity index (χ2n) is 18.6. The van der Waals surface area contributed by atoms with Gasteiger partial charge in [0.2, 0.25) is 0 Å². The van der Waals surface area contributed by atoms with Crippen molar-refractivity contribution in [3.05, 3.63) is 0 Å². The van der Waals surface area contributed by atoms with E-state index in [0.29, 0.717) is 0 Å². The number of hydrogen-bond donors (Lipinski definition) is 0. The highest BCUT2D eigenvalue weighted by atomic mass is 32.2. The summed E-state index contributed by atoms with van der Waals surface area (Å²) < 4.78 is 0. The van der Waals surface area contributed by atoms with Crippen LogP contribution in [0.5, 0.6) is 0 Å². The van der Waals surface area contributed by atoms with Gasteiger partial charge in [0.1, 0.15) is 0 Å². The lowest BCUT2D eigenvalue weighted by atomic mass is 10.0. The summed E-state index contributed by atoms with van der Waals surface area (Å²) in [6.45, 7) is 4.63. The molecule has 0 atom stereocenters. The molecule has 0 aliphatic carbocycles. The fraction of sp³-hybridized carbons (Fsp3) is 1.00. The minimum absolute atomic E-state index is 1.37. The van der Waals surface area contributed by atoms with Crippen molar-refractivity contribution >= 4 is 11.8 Å². The van der Waals surface area contributed by atoms with Crippen molar-refractivity contribution in [1.82, 2.24) is 0 Å². The molecule has 0 aromatic carbocycles. The summed E-state index contributed by atoms with van der Waals surface area (Å²) in [5.74, 6) is 2.83. The van der Waals surface area contributed by atoms with Crippen LogP contribution in [-0.4, -0.2) is 11.5 Å². The summed E-state index contributed by atoms with van der Waals surface area (Å²) in [4.78, 5) is 0. The predicted molar refractivity (Wildman–Crippen MR) is 260 cm³/mol. The van der Waals surface area contributed by atoms with Crippen LogP contribution in [0.1, 0.15) is 335 Å². The SMILES string of the molecule is CCCCCCCCCCCCCCCCCCCCCCCCCCCSCCCCCCCCCCCCCCCCCCCCCCCCCCC. The molecule has 0 bridgehead atoms. The van der Waals surface area contributed by atoms with Gasteiger partial charge in [0, 0.05) is 0 Å². The van der Waals surface area contributed by atoms with Gasteiger partial charge in [-0.1, -0.05) is 322 Å². The van der Waals surface area contributed by atoms with Gasteiger partial charge in [-0.3, -0.25) is 0 Å². The zero-order valence-corrected chi connectivity index (χ0v) is 40.0. The van der Waals surface area contributed by atoms with E-state index in [-0.39, 0.29) is 0 Å². The summed E-state index contributed by atoms with van der Waals surface area (Å²) in [6, 6.07) is 0. The van der Waals surface area contributed by atoms with Crippen molar-refractivity contribution in [2.45, 2.75) is 335 Å².